The minimum absolute atomic E-state index is 0.270. The number of benzene rings is 1. The number of fused-ring (bicyclic) bond motifs is 1. The number of ketones is 1. The van der Waals surface area contributed by atoms with Crippen molar-refractivity contribution >= 4 is 17.4 Å². The Morgan fingerprint density at radius 2 is 2.29 bits per heavy atom. The fourth-order valence-corrected chi connectivity index (χ4v) is 2.42. The summed E-state index contributed by atoms with van der Waals surface area (Å²) in [6.45, 7) is 2.79. The van der Waals surface area contributed by atoms with Crippen LogP contribution in [0.2, 0.25) is 5.02 Å². The minimum atomic E-state index is 0.270. The van der Waals surface area contributed by atoms with E-state index >= 15 is 0 Å². The fraction of sp³-hybridized carbons (Fsp3) is 0.500. The highest BCUT2D eigenvalue weighted by Gasteiger charge is 2.18. The molecule has 0 radical (unpaired) electrons. The SMILES string of the molecule is CCCCC(=O)Cc1cc(Cl)cc2c1OCC2. The molecule has 1 heterocycles. The highest BCUT2D eigenvalue weighted by molar-refractivity contribution is 6.30. The topological polar surface area (TPSA) is 26.3 Å². The summed E-state index contributed by atoms with van der Waals surface area (Å²) < 4.78 is 5.58. The second-order valence-corrected chi connectivity index (χ2v) is 4.91. The summed E-state index contributed by atoms with van der Waals surface area (Å²) >= 11 is 6.05. The van der Waals surface area contributed by atoms with Crippen LogP contribution in [0.5, 0.6) is 5.75 Å². The normalized spacial score (nSPS) is 13.3. The maximum atomic E-state index is 11.8. The number of halogens is 1. The van der Waals surface area contributed by atoms with E-state index < -0.39 is 0 Å². The quantitative estimate of drug-likeness (QED) is 0.801. The van der Waals surface area contributed by atoms with Crippen molar-refractivity contribution in [3.05, 3.63) is 28.3 Å². The molecule has 0 atom stereocenters. The Morgan fingerprint density at radius 1 is 1.47 bits per heavy atom. The van der Waals surface area contributed by atoms with Crippen molar-refractivity contribution in [3.8, 4) is 5.75 Å². The van der Waals surface area contributed by atoms with Gasteiger partial charge in [0.1, 0.15) is 11.5 Å². The first kappa shape index (κ1) is 12.4. The van der Waals surface area contributed by atoms with Gasteiger partial charge in [-0.15, -0.1) is 0 Å². The van der Waals surface area contributed by atoms with E-state index in [-0.39, 0.29) is 5.78 Å². The zero-order valence-corrected chi connectivity index (χ0v) is 10.8. The van der Waals surface area contributed by atoms with Gasteiger partial charge in [0, 0.05) is 29.8 Å². The van der Waals surface area contributed by atoms with Crippen molar-refractivity contribution in [3.63, 3.8) is 0 Å². The first-order valence-corrected chi connectivity index (χ1v) is 6.54. The number of rotatable bonds is 5. The molecule has 3 heteroatoms. The number of hydrogen-bond donors (Lipinski definition) is 0. The molecule has 1 aromatic carbocycles. The third-order valence-electron chi connectivity index (χ3n) is 3.02. The lowest BCUT2D eigenvalue weighted by Crippen LogP contribution is -2.04. The van der Waals surface area contributed by atoms with E-state index in [0.29, 0.717) is 24.5 Å². The van der Waals surface area contributed by atoms with Crippen molar-refractivity contribution in [2.45, 2.75) is 39.0 Å². The summed E-state index contributed by atoms with van der Waals surface area (Å²) in [4.78, 5) is 11.8. The fourth-order valence-electron chi connectivity index (χ4n) is 2.15. The number of carbonyl (C=O) groups is 1. The molecular weight excluding hydrogens is 236 g/mol. The third kappa shape index (κ3) is 3.01. The lowest BCUT2D eigenvalue weighted by molar-refractivity contribution is -0.118. The molecule has 1 aromatic rings. The van der Waals surface area contributed by atoms with E-state index in [1.165, 1.54) is 0 Å². The van der Waals surface area contributed by atoms with Gasteiger partial charge in [0.15, 0.2) is 0 Å². The van der Waals surface area contributed by atoms with Crippen LogP contribution in [-0.2, 0) is 17.6 Å². The van der Waals surface area contributed by atoms with Gasteiger partial charge in [-0.1, -0.05) is 24.9 Å². The minimum Gasteiger partial charge on any atom is -0.493 e. The Balaban J connectivity index is 2.13. The van der Waals surface area contributed by atoms with Gasteiger partial charge < -0.3 is 4.74 Å². The van der Waals surface area contributed by atoms with Crippen LogP contribution in [0.3, 0.4) is 0 Å². The van der Waals surface area contributed by atoms with Gasteiger partial charge >= 0.3 is 0 Å². The average molecular weight is 253 g/mol. The Labute approximate surface area is 107 Å². The molecule has 17 heavy (non-hydrogen) atoms. The van der Waals surface area contributed by atoms with Crippen LogP contribution in [0, 0.1) is 0 Å². The van der Waals surface area contributed by atoms with Gasteiger partial charge in [-0.2, -0.15) is 0 Å². The molecule has 0 bridgehead atoms. The van der Waals surface area contributed by atoms with Crippen molar-refractivity contribution in [1.29, 1.82) is 0 Å². The van der Waals surface area contributed by atoms with Gasteiger partial charge in [-0.3, -0.25) is 4.79 Å². The first-order valence-electron chi connectivity index (χ1n) is 6.16. The number of carbonyl (C=O) groups excluding carboxylic acids is 1. The molecule has 0 saturated heterocycles. The van der Waals surface area contributed by atoms with Crippen molar-refractivity contribution in [2.75, 3.05) is 6.61 Å². The largest absolute Gasteiger partial charge is 0.493 e. The number of Topliss-reactive ketones (excluding diaryl/α,β-unsaturated/α-hetero) is 1. The molecule has 0 unspecified atom stereocenters. The molecule has 2 rings (SSSR count). The number of unbranched alkanes of at least 4 members (excludes halogenated alkanes) is 1. The first-order chi connectivity index (χ1) is 8.20. The summed E-state index contributed by atoms with van der Waals surface area (Å²) in [5, 5.41) is 0.701. The molecule has 0 amide bonds. The van der Waals surface area contributed by atoms with Gasteiger partial charge in [-0.25, -0.2) is 0 Å². The second-order valence-electron chi connectivity index (χ2n) is 4.47. The van der Waals surface area contributed by atoms with Crippen LogP contribution in [0.4, 0.5) is 0 Å². The standard InChI is InChI=1S/C14H17ClO2/c1-2-3-4-13(16)9-11-8-12(15)7-10-5-6-17-14(10)11/h7-8H,2-6,9H2,1H3. The highest BCUT2D eigenvalue weighted by Crippen LogP contribution is 2.33. The summed E-state index contributed by atoms with van der Waals surface area (Å²) in [7, 11) is 0. The Bertz CT molecular complexity index is 426. The lowest BCUT2D eigenvalue weighted by Gasteiger charge is -2.08. The molecule has 1 aliphatic heterocycles. The highest BCUT2D eigenvalue weighted by atomic mass is 35.5. The molecule has 0 spiro atoms. The Kier molecular flexibility index (Phi) is 4.06. The van der Waals surface area contributed by atoms with E-state index in [1.54, 1.807) is 0 Å². The van der Waals surface area contributed by atoms with E-state index in [1.807, 2.05) is 12.1 Å². The van der Waals surface area contributed by atoms with E-state index in [4.69, 9.17) is 16.3 Å². The molecule has 0 N–H and O–H groups in total. The van der Waals surface area contributed by atoms with Crippen LogP contribution in [-0.4, -0.2) is 12.4 Å². The van der Waals surface area contributed by atoms with Gasteiger partial charge in [0.25, 0.3) is 0 Å². The van der Waals surface area contributed by atoms with Gasteiger partial charge in [0.05, 0.1) is 6.61 Å². The van der Waals surface area contributed by atoms with Crippen LogP contribution in [0.1, 0.15) is 37.3 Å². The van der Waals surface area contributed by atoms with Gasteiger partial charge in [-0.05, 0) is 24.1 Å². The predicted octanol–water partition coefficient (Wildman–Crippen LogP) is 3.58. The van der Waals surface area contributed by atoms with Crippen molar-refractivity contribution < 1.29 is 9.53 Å². The Hall–Kier alpha value is -1.02. The van der Waals surface area contributed by atoms with E-state index in [0.717, 1.165) is 36.1 Å². The third-order valence-corrected chi connectivity index (χ3v) is 3.24. The van der Waals surface area contributed by atoms with Crippen molar-refractivity contribution in [2.24, 2.45) is 0 Å². The Morgan fingerprint density at radius 3 is 3.06 bits per heavy atom. The molecule has 92 valence electrons. The zero-order valence-electron chi connectivity index (χ0n) is 10.1. The van der Waals surface area contributed by atoms with Crippen molar-refractivity contribution in [1.82, 2.24) is 0 Å². The zero-order chi connectivity index (χ0) is 12.3. The summed E-state index contributed by atoms with van der Waals surface area (Å²) in [5.74, 6) is 1.16. The molecule has 0 aromatic heterocycles. The maximum absolute atomic E-state index is 11.8. The average Bonchev–Trinajstić information content (AvgIpc) is 2.74. The van der Waals surface area contributed by atoms with E-state index in [9.17, 15) is 4.79 Å². The molecule has 1 aliphatic rings. The monoisotopic (exact) mass is 252 g/mol. The summed E-state index contributed by atoms with van der Waals surface area (Å²) in [5.41, 5.74) is 2.09. The van der Waals surface area contributed by atoms with Crippen LogP contribution in [0.25, 0.3) is 0 Å². The van der Waals surface area contributed by atoms with Crippen LogP contribution in [0.15, 0.2) is 12.1 Å². The lowest BCUT2D eigenvalue weighted by atomic mass is 10.0. The maximum Gasteiger partial charge on any atom is 0.137 e. The smallest absolute Gasteiger partial charge is 0.137 e. The van der Waals surface area contributed by atoms with Crippen LogP contribution >= 0.6 is 11.6 Å². The molecule has 0 saturated carbocycles. The summed E-state index contributed by atoms with van der Waals surface area (Å²) in [6.07, 6.45) is 4.01. The molecular formula is C14H17ClO2. The molecule has 0 fully saturated rings. The predicted molar refractivity (Wildman–Crippen MR) is 68.9 cm³/mol. The number of hydrogen-bond acceptors (Lipinski definition) is 2. The molecule has 2 nitrogen and oxygen atoms in total. The van der Waals surface area contributed by atoms with E-state index in [2.05, 4.69) is 6.92 Å². The second kappa shape index (κ2) is 5.54. The van der Waals surface area contributed by atoms with Crippen LogP contribution < -0.4 is 4.74 Å². The van der Waals surface area contributed by atoms with Gasteiger partial charge in [0.2, 0.25) is 0 Å². The summed E-state index contributed by atoms with van der Waals surface area (Å²) in [6, 6.07) is 3.79. The molecule has 0 aliphatic carbocycles. The number of ether oxygens (including phenoxy) is 1.